The van der Waals surface area contributed by atoms with E-state index in [1.807, 2.05) is 35.2 Å². The topological polar surface area (TPSA) is 124 Å². The van der Waals surface area contributed by atoms with Crippen molar-refractivity contribution in [3.8, 4) is 5.75 Å². The van der Waals surface area contributed by atoms with Gasteiger partial charge < -0.3 is 20.1 Å². The van der Waals surface area contributed by atoms with Crippen LogP contribution in [0, 0.1) is 5.92 Å². The van der Waals surface area contributed by atoms with E-state index in [1.165, 1.54) is 29.8 Å². The number of hydrogen-bond acceptors (Lipinski definition) is 7. The van der Waals surface area contributed by atoms with Gasteiger partial charge in [-0.15, -0.1) is 0 Å². The largest absolute Gasteiger partial charge is 0.477 e. The lowest BCUT2D eigenvalue weighted by molar-refractivity contribution is -0.162. The molecule has 1 saturated heterocycles. The van der Waals surface area contributed by atoms with Crippen molar-refractivity contribution in [2.75, 3.05) is 25.4 Å². The Morgan fingerprint density at radius 1 is 1.13 bits per heavy atom. The fourth-order valence-electron chi connectivity index (χ4n) is 3.68. The summed E-state index contributed by atoms with van der Waals surface area (Å²) in [4.78, 5) is 12.7. The van der Waals surface area contributed by atoms with Crippen molar-refractivity contribution in [3.63, 3.8) is 0 Å². The van der Waals surface area contributed by atoms with Crippen LogP contribution in [0.2, 0.25) is 0 Å². The maximum Gasteiger partial charge on any atom is 0.373 e. The number of aliphatic hydroxyl groups is 2. The number of β-amino-alcohol motifs (C(OH)–C–C–N with tert-alkyl or cyclic N) is 1. The van der Waals surface area contributed by atoms with Crippen LogP contribution in [0.15, 0.2) is 59.5 Å². The van der Waals surface area contributed by atoms with Gasteiger partial charge in [0.25, 0.3) is 6.29 Å². The van der Waals surface area contributed by atoms with Crippen LogP contribution >= 0.6 is 0 Å². The Labute approximate surface area is 181 Å². The maximum atomic E-state index is 12.6. The number of aliphatic hydroxyl groups excluding tert-OH is 2. The summed E-state index contributed by atoms with van der Waals surface area (Å²) >= 11 is 0. The van der Waals surface area contributed by atoms with Crippen molar-refractivity contribution in [2.24, 2.45) is 5.92 Å². The minimum Gasteiger partial charge on any atom is -0.477 e. The van der Waals surface area contributed by atoms with E-state index in [-0.39, 0.29) is 22.3 Å². The third kappa shape index (κ3) is 6.51. The minimum atomic E-state index is -3.56. The van der Waals surface area contributed by atoms with Crippen molar-refractivity contribution in [1.29, 1.82) is 0 Å². The van der Waals surface area contributed by atoms with Crippen molar-refractivity contribution in [3.05, 3.63) is 60.2 Å². The minimum absolute atomic E-state index is 0.0532. The molecule has 0 radical (unpaired) electrons. The van der Waals surface area contributed by atoms with Gasteiger partial charge in [0.15, 0.2) is 9.84 Å². The van der Waals surface area contributed by atoms with Gasteiger partial charge in [-0.3, -0.25) is 4.90 Å². The molecule has 0 saturated carbocycles. The number of hydrogen-bond donors (Lipinski definition) is 3. The maximum absolute atomic E-state index is 12.6. The molecular weight excluding hydrogens is 422 g/mol. The van der Waals surface area contributed by atoms with Crippen LogP contribution in [0.3, 0.4) is 0 Å². The molecule has 0 aliphatic carbocycles. The van der Waals surface area contributed by atoms with E-state index in [1.54, 1.807) is 0 Å². The van der Waals surface area contributed by atoms with Crippen LogP contribution in [-0.4, -0.2) is 72.4 Å². The monoisotopic (exact) mass is 449 g/mol. The molecule has 3 rings (SSSR count). The molecule has 2 aromatic carbocycles. The summed E-state index contributed by atoms with van der Waals surface area (Å²) in [6.45, 7) is 1.48. The van der Waals surface area contributed by atoms with E-state index in [0.29, 0.717) is 13.1 Å². The number of piperidine rings is 1. The summed E-state index contributed by atoms with van der Waals surface area (Å²) < 4.78 is 30.0. The van der Waals surface area contributed by atoms with Gasteiger partial charge in [-0.25, -0.2) is 13.2 Å². The average molecular weight is 450 g/mol. The lowest BCUT2D eigenvalue weighted by Crippen LogP contribution is -2.46. The molecule has 0 aromatic heterocycles. The lowest BCUT2D eigenvalue weighted by Gasteiger charge is -2.36. The SMILES string of the molecule is O=C(O)C(O)Oc1ccc(S(=O)(=O)CCN2CC[C@H](Cc3ccccc3)[C@H](O)C2)cc1. The second-order valence-corrected chi connectivity index (χ2v) is 9.81. The molecule has 9 heteroatoms. The smallest absolute Gasteiger partial charge is 0.373 e. The van der Waals surface area contributed by atoms with E-state index in [9.17, 15) is 23.4 Å². The van der Waals surface area contributed by atoms with E-state index in [2.05, 4.69) is 0 Å². The van der Waals surface area contributed by atoms with Gasteiger partial charge >= 0.3 is 5.97 Å². The molecule has 3 N–H and O–H groups in total. The van der Waals surface area contributed by atoms with Gasteiger partial charge in [-0.2, -0.15) is 0 Å². The van der Waals surface area contributed by atoms with Gasteiger partial charge in [0.2, 0.25) is 0 Å². The second kappa shape index (κ2) is 10.2. The molecule has 1 aliphatic heterocycles. The number of carboxylic acids is 1. The third-order valence-electron chi connectivity index (χ3n) is 5.46. The summed E-state index contributed by atoms with van der Waals surface area (Å²) in [6.07, 6.45) is -0.917. The van der Waals surface area contributed by atoms with Crippen LogP contribution in [0.5, 0.6) is 5.75 Å². The molecule has 0 spiro atoms. The third-order valence-corrected chi connectivity index (χ3v) is 7.17. The Hall–Kier alpha value is -2.46. The van der Waals surface area contributed by atoms with Crippen LogP contribution in [0.25, 0.3) is 0 Å². The average Bonchev–Trinajstić information content (AvgIpc) is 2.75. The van der Waals surface area contributed by atoms with E-state index < -0.39 is 28.2 Å². The molecule has 31 heavy (non-hydrogen) atoms. The normalized spacial score (nSPS) is 20.8. The molecule has 8 nitrogen and oxygen atoms in total. The molecule has 3 atom stereocenters. The predicted octanol–water partition coefficient (Wildman–Crippen LogP) is 1.17. The first kappa shape index (κ1) is 23.2. The molecule has 2 aromatic rings. The van der Waals surface area contributed by atoms with E-state index in [4.69, 9.17) is 9.84 Å². The Morgan fingerprint density at radius 2 is 1.81 bits per heavy atom. The molecule has 1 fully saturated rings. The zero-order chi connectivity index (χ0) is 22.4. The van der Waals surface area contributed by atoms with Crippen molar-refractivity contribution < 1.29 is 33.3 Å². The Kier molecular flexibility index (Phi) is 7.66. The Morgan fingerprint density at radius 3 is 2.42 bits per heavy atom. The van der Waals surface area contributed by atoms with Gasteiger partial charge in [0.05, 0.1) is 16.8 Å². The molecule has 1 unspecified atom stereocenters. The summed E-state index contributed by atoms with van der Waals surface area (Å²) in [5.41, 5.74) is 1.19. The highest BCUT2D eigenvalue weighted by molar-refractivity contribution is 7.91. The Bertz CT molecular complexity index is 963. The summed E-state index contributed by atoms with van der Waals surface area (Å²) in [5, 5.41) is 28.4. The highest BCUT2D eigenvalue weighted by Crippen LogP contribution is 2.23. The first-order valence-corrected chi connectivity index (χ1v) is 11.7. The van der Waals surface area contributed by atoms with Crippen molar-refractivity contribution >= 4 is 15.8 Å². The second-order valence-electron chi connectivity index (χ2n) is 7.71. The standard InChI is InChI=1S/C22H27NO7S/c24-20-15-23(11-10-17(20)14-16-4-2-1-3-5-16)12-13-31(28,29)19-8-6-18(7-9-19)30-22(27)21(25)26/h1-9,17,20,22,24,27H,10-15H2,(H,25,26)/t17-,20-,22?/m1/s1. The number of sulfone groups is 1. The van der Waals surface area contributed by atoms with Crippen LogP contribution in [0.1, 0.15) is 12.0 Å². The number of ether oxygens (including phenoxy) is 1. The predicted molar refractivity (Wildman–Crippen MR) is 113 cm³/mol. The first-order valence-electron chi connectivity index (χ1n) is 10.1. The molecule has 0 bridgehead atoms. The zero-order valence-electron chi connectivity index (χ0n) is 17.0. The lowest BCUT2D eigenvalue weighted by atomic mass is 9.88. The highest BCUT2D eigenvalue weighted by Gasteiger charge is 2.28. The van der Waals surface area contributed by atoms with Crippen LogP contribution in [-0.2, 0) is 21.1 Å². The van der Waals surface area contributed by atoms with Gasteiger partial charge in [0.1, 0.15) is 5.75 Å². The van der Waals surface area contributed by atoms with Gasteiger partial charge in [0, 0.05) is 13.1 Å². The van der Waals surface area contributed by atoms with Crippen LogP contribution in [0.4, 0.5) is 0 Å². The van der Waals surface area contributed by atoms with Crippen molar-refractivity contribution in [2.45, 2.75) is 30.1 Å². The fraction of sp³-hybridized carbons (Fsp3) is 0.409. The molecule has 0 amide bonds. The van der Waals surface area contributed by atoms with Crippen LogP contribution < -0.4 is 4.74 Å². The number of benzene rings is 2. The summed E-state index contributed by atoms with van der Waals surface area (Å²) in [5.74, 6) is -1.42. The number of nitrogens with zero attached hydrogens (tertiary/aromatic N) is 1. The number of rotatable bonds is 9. The van der Waals surface area contributed by atoms with E-state index in [0.717, 1.165) is 19.4 Å². The highest BCUT2D eigenvalue weighted by atomic mass is 32.2. The van der Waals surface area contributed by atoms with E-state index >= 15 is 0 Å². The van der Waals surface area contributed by atoms with Gasteiger partial charge in [-0.1, -0.05) is 30.3 Å². The zero-order valence-corrected chi connectivity index (χ0v) is 17.8. The summed E-state index contributed by atoms with van der Waals surface area (Å²) in [7, 11) is -3.56. The molecule has 1 heterocycles. The number of likely N-dealkylation sites (tertiary alicyclic amines) is 1. The number of carbonyl (C=O) groups is 1. The molecule has 1 aliphatic rings. The van der Waals surface area contributed by atoms with Crippen molar-refractivity contribution in [1.82, 2.24) is 4.90 Å². The first-order chi connectivity index (χ1) is 14.7. The number of carboxylic acid groups (broad SMARTS) is 1. The summed E-state index contributed by atoms with van der Waals surface area (Å²) in [6, 6.07) is 15.3. The fourth-order valence-corrected chi connectivity index (χ4v) is 4.96. The molecule has 168 valence electrons. The Balaban J connectivity index is 1.51. The molecular formula is C22H27NO7S. The quantitative estimate of drug-likeness (QED) is 0.488. The number of aliphatic carboxylic acids is 1. The van der Waals surface area contributed by atoms with Gasteiger partial charge in [-0.05, 0) is 55.1 Å².